The molecule has 2 N–H and O–H groups in total. The third-order valence-corrected chi connectivity index (χ3v) is 4.11. The van der Waals surface area contributed by atoms with Crippen molar-refractivity contribution in [3.8, 4) is 0 Å². The van der Waals surface area contributed by atoms with Crippen LogP contribution in [0.4, 0.5) is 0 Å². The van der Waals surface area contributed by atoms with Gasteiger partial charge in [-0.25, -0.2) is 4.79 Å². The Kier molecular flexibility index (Phi) is 6.36. The summed E-state index contributed by atoms with van der Waals surface area (Å²) in [5.74, 6) is -1.97. The van der Waals surface area contributed by atoms with Gasteiger partial charge in [0.2, 0.25) is 5.91 Å². The number of likely N-dealkylation sites (N-methyl/N-ethyl adjacent to an activating group) is 1. The van der Waals surface area contributed by atoms with Crippen LogP contribution in [0.15, 0.2) is 17.5 Å². The average Bonchev–Trinajstić information content (AvgIpc) is 2.96. The first-order valence-corrected chi connectivity index (χ1v) is 7.55. The van der Waals surface area contributed by atoms with Gasteiger partial charge in [-0.2, -0.15) is 0 Å². The molecule has 1 heterocycles. The summed E-state index contributed by atoms with van der Waals surface area (Å²) in [7, 11) is 1.51. The first kappa shape index (κ1) is 17.2. The Balaban J connectivity index is 2.59. The molecule has 0 aliphatic carbocycles. The molecule has 0 saturated carbocycles. The minimum atomic E-state index is -1.06. The molecular formula is C14H20N2O4S. The topological polar surface area (TPSA) is 86.7 Å². The van der Waals surface area contributed by atoms with Gasteiger partial charge in [0.25, 0.3) is 5.91 Å². The zero-order valence-corrected chi connectivity index (χ0v) is 13.1. The highest BCUT2D eigenvalue weighted by Crippen LogP contribution is 2.11. The van der Waals surface area contributed by atoms with Gasteiger partial charge in [0, 0.05) is 7.05 Å². The van der Waals surface area contributed by atoms with E-state index in [1.165, 1.54) is 23.3 Å². The molecule has 1 aromatic heterocycles. The summed E-state index contributed by atoms with van der Waals surface area (Å²) in [5.41, 5.74) is 0. The summed E-state index contributed by atoms with van der Waals surface area (Å²) in [6.07, 6.45) is 0.640. The van der Waals surface area contributed by atoms with E-state index in [4.69, 9.17) is 5.11 Å². The van der Waals surface area contributed by atoms with Crippen LogP contribution in [0.5, 0.6) is 0 Å². The Labute approximate surface area is 127 Å². The first-order valence-electron chi connectivity index (χ1n) is 6.68. The maximum absolute atomic E-state index is 12.0. The summed E-state index contributed by atoms with van der Waals surface area (Å²) in [6, 6.07) is 2.50. The number of nitrogens with one attached hydrogen (secondary N) is 1. The van der Waals surface area contributed by atoms with Crippen LogP contribution < -0.4 is 5.32 Å². The second-order valence-electron chi connectivity index (χ2n) is 4.91. The lowest BCUT2D eigenvalue weighted by atomic mass is 9.99. The van der Waals surface area contributed by atoms with Gasteiger partial charge < -0.3 is 15.3 Å². The Morgan fingerprint density at radius 1 is 1.43 bits per heavy atom. The largest absolute Gasteiger partial charge is 0.480 e. The second kappa shape index (κ2) is 7.78. The van der Waals surface area contributed by atoms with Gasteiger partial charge in [-0.1, -0.05) is 26.3 Å². The van der Waals surface area contributed by atoms with Gasteiger partial charge in [0.05, 0.1) is 11.4 Å². The summed E-state index contributed by atoms with van der Waals surface area (Å²) in [4.78, 5) is 36.9. The second-order valence-corrected chi connectivity index (χ2v) is 5.86. The van der Waals surface area contributed by atoms with E-state index in [0.29, 0.717) is 11.3 Å². The molecule has 0 fully saturated rings. The highest BCUT2D eigenvalue weighted by molar-refractivity contribution is 7.12. The minimum Gasteiger partial charge on any atom is -0.480 e. The third kappa shape index (κ3) is 4.86. The smallest absolute Gasteiger partial charge is 0.326 e. The van der Waals surface area contributed by atoms with E-state index in [0.717, 1.165) is 0 Å². The van der Waals surface area contributed by atoms with Crippen LogP contribution in [0.25, 0.3) is 0 Å². The fourth-order valence-electron chi connectivity index (χ4n) is 1.78. The van der Waals surface area contributed by atoms with Crippen LogP contribution in [-0.2, 0) is 9.59 Å². The van der Waals surface area contributed by atoms with E-state index >= 15 is 0 Å². The number of carbonyl (C=O) groups is 3. The molecule has 21 heavy (non-hydrogen) atoms. The number of thiophene rings is 1. The fourth-order valence-corrected chi connectivity index (χ4v) is 2.50. The number of carboxylic acids is 1. The monoisotopic (exact) mass is 312 g/mol. The third-order valence-electron chi connectivity index (χ3n) is 3.25. The van der Waals surface area contributed by atoms with Crippen molar-refractivity contribution in [1.82, 2.24) is 10.2 Å². The first-order chi connectivity index (χ1) is 9.86. The Hall–Kier alpha value is -1.89. The van der Waals surface area contributed by atoms with E-state index in [1.54, 1.807) is 24.4 Å². The van der Waals surface area contributed by atoms with Gasteiger partial charge in [0.1, 0.15) is 6.04 Å². The lowest BCUT2D eigenvalue weighted by Crippen LogP contribution is -2.48. The average molecular weight is 312 g/mol. The summed E-state index contributed by atoms with van der Waals surface area (Å²) in [6.45, 7) is 3.45. The lowest BCUT2D eigenvalue weighted by Gasteiger charge is -2.22. The Morgan fingerprint density at radius 2 is 2.10 bits per heavy atom. The maximum Gasteiger partial charge on any atom is 0.326 e. The van der Waals surface area contributed by atoms with Crippen molar-refractivity contribution < 1.29 is 19.5 Å². The highest BCUT2D eigenvalue weighted by Gasteiger charge is 2.26. The summed E-state index contributed by atoms with van der Waals surface area (Å²) >= 11 is 1.30. The molecule has 6 nitrogen and oxygen atoms in total. The number of aliphatic carboxylic acids is 1. The number of nitrogens with zero attached hydrogens (tertiary/aromatic N) is 1. The van der Waals surface area contributed by atoms with Crippen molar-refractivity contribution in [1.29, 1.82) is 0 Å². The van der Waals surface area contributed by atoms with Gasteiger partial charge in [-0.15, -0.1) is 11.3 Å². The molecular weight excluding hydrogens is 292 g/mol. The number of carbonyl (C=O) groups excluding carboxylic acids is 2. The maximum atomic E-state index is 12.0. The van der Waals surface area contributed by atoms with Crippen LogP contribution in [0, 0.1) is 5.92 Å². The molecule has 0 aliphatic rings. The number of carboxylic acid groups (broad SMARTS) is 1. The van der Waals surface area contributed by atoms with E-state index in [1.807, 2.05) is 6.92 Å². The molecule has 0 bridgehead atoms. The van der Waals surface area contributed by atoms with Crippen molar-refractivity contribution in [2.45, 2.75) is 26.3 Å². The molecule has 2 atom stereocenters. The van der Waals surface area contributed by atoms with E-state index in [2.05, 4.69) is 5.32 Å². The Bertz CT molecular complexity index is 501. The van der Waals surface area contributed by atoms with Crippen molar-refractivity contribution in [2.24, 2.45) is 5.92 Å². The molecule has 1 rings (SSSR count). The normalized spacial score (nSPS) is 13.3. The van der Waals surface area contributed by atoms with Crippen molar-refractivity contribution in [2.75, 3.05) is 13.6 Å². The molecule has 0 aromatic carbocycles. The van der Waals surface area contributed by atoms with Crippen LogP contribution in [0.2, 0.25) is 0 Å². The van der Waals surface area contributed by atoms with Gasteiger partial charge in [0.15, 0.2) is 0 Å². The van der Waals surface area contributed by atoms with Crippen molar-refractivity contribution >= 4 is 29.1 Å². The van der Waals surface area contributed by atoms with Crippen LogP contribution in [0.3, 0.4) is 0 Å². The molecule has 0 saturated heterocycles. The molecule has 2 unspecified atom stereocenters. The van der Waals surface area contributed by atoms with Gasteiger partial charge in [-0.05, 0) is 17.4 Å². The van der Waals surface area contributed by atoms with Gasteiger partial charge >= 0.3 is 5.97 Å². The van der Waals surface area contributed by atoms with Crippen molar-refractivity contribution in [3.05, 3.63) is 22.4 Å². The zero-order valence-electron chi connectivity index (χ0n) is 12.3. The van der Waals surface area contributed by atoms with Crippen LogP contribution >= 0.6 is 11.3 Å². The summed E-state index contributed by atoms with van der Waals surface area (Å²) < 4.78 is 0. The Morgan fingerprint density at radius 3 is 2.57 bits per heavy atom. The fraction of sp³-hybridized carbons (Fsp3) is 0.500. The number of amides is 2. The predicted octanol–water partition coefficient (Wildman–Crippen LogP) is 1.44. The SMILES string of the molecule is CCC(C)C(NC(=O)CN(C)C(=O)c1cccs1)C(=O)O. The zero-order chi connectivity index (χ0) is 16.0. The molecule has 1 aromatic rings. The van der Waals surface area contributed by atoms with Crippen molar-refractivity contribution in [3.63, 3.8) is 0 Å². The highest BCUT2D eigenvalue weighted by atomic mass is 32.1. The van der Waals surface area contributed by atoms with E-state index in [-0.39, 0.29) is 18.4 Å². The molecule has 2 amide bonds. The molecule has 0 aliphatic heterocycles. The van der Waals surface area contributed by atoms with Gasteiger partial charge in [-0.3, -0.25) is 9.59 Å². The predicted molar refractivity (Wildman–Crippen MR) is 80.3 cm³/mol. The molecule has 0 spiro atoms. The quantitative estimate of drug-likeness (QED) is 0.797. The lowest BCUT2D eigenvalue weighted by molar-refractivity contribution is -0.143. The van der Waals surface area contributed by atoms with Crippen LogP contribution in [0.1, 0.15) is 29.9 Å². The molecule has 7 heteroatoms. The number of hydrogen-bond donors (Lipinski definition) is 2. The van der Waals surface area contributed by atoms with E-state index in [9.17, 15) is 14.4 Å². The number of rotatable bonds is 7. The standard InChI is InChI=1S/C14H20N2O4S/c1-4-9(2)12(14(19)20)15-11(17)8-16(3)13(18)10-6-5-7-21-10/h5-7,9,12H,4,8H2,1-3H3,(H,15,17)(H,19,20). The molecule has 116 valence electrons. The van der Waals surface area contributed by atoms with Crippen LogP contribution in [-0.4, -0.2) is 47.4 Å². The minimum absolute atomic E-state index is 0.170. The molecule has 0 radical (unpaired) electrons. The van der Waals surface area contributed by atoms with E-state index < -0.39 is 17.9 Å². The summed E-state index contributed by atoms with van der Waals surface area (Å²) in [5, 5.41) is 13.4. The number of hydrogen-bond acceptors (Lipinski definition) is 4.